The molecule has 0 spiro atoms. The number of hydrogen-bond donors (Lipinski definition) is 1. The predicted octanol–water partition coefficient (Wildman–Crippen LogP) is 4.14. The van der Waals surface area contributed by atoms with Gasteiger partial charge in [0.05, 0.1) is 17.2 Å². The zero-order valence-electron chi connectivity index (χ0n) is 22.3. The second-order valence-corrected chi connectivity index (χ2v) is 10.7. The summed E-state index contributed by atoms with van der Waals surface area (Å²) in [5.74, 6) is -0.259. The fraction of sp³-hybridized carbons (Fsp3) is 0.310. The van der Waals surface area contributed by atoms with Crippen molar-refractivity contribution < 1.29 is 22.7 Å². The molecule has 2 amide bonds. The lowest BCUT2D eigenvalue weighted by Gasteiger charge is -2.32. The van der Waals surface area contributed by atoms with Crippen molar-refractivity contribution in [1.29, 1.82) is 0 Å². The van der Waals surface area contributed by atoms with Crippen molar-refractivity contribution in [1.82, 2.24) is 10.2 Å². The Bertz CT molecular complexity index is 1310. The fourth-order valence-corrected chi connectivity index (χ4v) is 5.33. The van der Waals surface area contributed by atoms with Crippen LogP contribution < -0.4 is 14.4 Å². The predicted molar refractivity (Wildman–Crippen MR) is 148 cm³/mol. The lowest BCUT2D eigenvalue weighted by molar-refractivity contribution is -0.139. The fourth-order valence-electron chi connectivity index (χ4n) is 3.92. The second-order valence-electron chi connectivity index (χ2n) is 8.83. The minimum atomic E-state index is -4.12. The summed E-state index contributed by atoms with van der Waals surface area (Å²) in [5.41, 5.74) is 2.25. The first-order chi connectivity index (χ1) is 18.2. The van der Waals surface area contributed by atoms with Crippen molar-refractivity contribution in [2.24, 2.45) is 0 Å². The number of rotatable bonds is 12. The highest BCUT2D eigenvalue weighted by Gasteiger charge is 2.32. The van der Waals surface area contributed by atoms with Crippen LogP contribution in [0.3, 0.4) is 0 Å². The Kier molecular flexibility index (Phi) is 9.90. The first-order valence-electron chi connectivity index (χ1n) is 12.6. The van der Waals surface area contributed by atoms with Crippen LogP contribution in [0.4, 0.5) is 5.69 Å². The molecule has 3 rings (SSSR count). The van der Waals surface area contributed by atoms with Crippen LogP contribution in [-0.4, -0.2) is 50.9 Å². The van der Waals surface area contributed by atoms with E-state index in [0.717, 1.165) is 15.4 Å². The largest absolute Gasteiger partial charge is 0.494 e. The third-order valence-electron chi connectivity index (χ3n) is 6.04. The van der Waals surface area contributed by atoms with Gasteiger partial charge in [0.1, 0.15) is 18.3 Å². The molecule has 0 fully saturated rings. The SMILES string of the molecule is CCNC(=O)[C@@H](C)N(Cc1ccc(C)cc1)C(=O)CN(c1ccccc1)S(=O)(=O)c1ccc(OCC)cc1. The number of sulfonamides is 1. The topological polar surface area (TPSA) is 96.0 Å². The third-order valence-corrected chi connectivity index (χ3v) is 7.83. The molecule has 38 heavy (non-hydrogen) atoms. The highest BCUT2D eigenvalue weighted by Crippen LogP contribution is 2.26. The Morgan fingerprint density at radius 3 is 2.13 bits per heavy atom. The van der Waals surface area contributed by atoms with E-state index in [2.05, 4.69) is 5.32 Å². The summed E-state index contributed by atoms with van der Waals surface area (Å²) in [6.45, 7) is 7.81. The number of anilines is 1. The number of para-hydroxylation sites is 1. The van der Waals surface area contributed by atoms with Crippen LogP contribution >= 0.6 is 0 Å². The van der Waals surface area contributed by atoms with Gasteiger partial charge in [-0.2, -0.15) is 0 Å². The maximum atomic E-state index is 13.8. The molecule has 0 aromatic heterocycles. The highest BCUT2D eigenvalue weighted by atomic mass is 32.2. The van der Waals surface area contributed by atoms with E-state index in [4.69, 9.17) is 4.74 Å². The van der Waals surface area contributed by atoms with E-state index in [1.807, 2.05) is 38.1 Å². The molecule has 0 radical (unpaired) electrons. The van der Waals surface area contributed by atoms with Crippen LogP contribution in [-0.2, 0) is 26.2 Å². The number of nitrogens with one attached hydrogen (secondary N) is 1. The molecule has 202 valence electrons. The molecule has 0 unspecified atom stereocenters. The molecule has 9 heteroatoms. The van der Waals surface area contributed by atoms with E-state index < -0.39 is 28.5 Å². The van der Waals surface area contributed by atoms with Crippen molar-refractivity contribution in [2.45, 2.75) is 45.2 Å². The molecule has 0 aliphatic heterocycles. The Hall–Kier alpha value is -3.85. The van der Waals surface area contributed by atoms with E-state index in [-0.39, 0.29) is 17.3 Å². The summed E-state index contributed by atoms with van der Waals surface area (Å²) in [5, 5.41) is 2.76. The molecule has 3 aromatic rings. The average molecular weight is 538 g/mol. The summed E-state index contributed by atoms with van der Waals surface area (Å²) in [7, 11) is -4.12. The Morgan fingerprint density at radius 2 is 1.55 bits per heavy atom. The zero-order chi connectivity index (χ0) is 27.7. The lowest BCUT2D eigenvalue weighted by atomic mass is 10.1. The molecule has 0 heterocycles. The van der Waals surface area contributed by atoms with Gasteiger partial charge in [0.25, 0.3) is 10.0 Å². The van der Waals surface area contributed by atoms with E-state index in [1.54, 1.807) is 56.3 Å². The molecular weight excluding hydrogens is 502 g/mol. The Labute approximate surface area is 225 Å². The number of amides is 2. The number of ether oxygens (including phenoxy) is 1. The van der Waals surface area contributed by atoms with Crippen molar-refractivity contribution >= 4 is 27.5 Å². The first-order valence-corrected chi connectivity index (χ1v) is 14.0. The number of nitrogens with zero attached hydrogens (tertiary/aromatic N) is 2. The van der Waals surface area contributed by atoms with E-state index in [9.17, 15) is 18.0 Å². The minimum absolute atomic E-state index is 0.0273. The van der Waals surface area contributed by atoms with Gasteiger partial charge in [-0.05, 0) is 69.7 Å². The van der Waals surface area contributed by atoms with Crippen molar-refractivity contribution in [3.05, 3.63) is 90.0 Å². The number of carbonyl (C=O) groups excluding carboxylic acids is 2. The molecule has 3 aromatic carbocycles. The van der Waals surface area contributed by atoms with Crippen LogP contribution in [0.25, 0.3) is 0 Å². The number of hydrogen-bond acceptors (Lipinski definition) is 5. The van der Waals surface area contributed by atoms with Gasteiger partial charge >= 0.3 is 0 Å². The number of carbonyl (C=O) groups is 2. The second kappa shape index (κ2) is 13.1. The molecule has 0 saturated carbocycles. The Balaban J connectivity index is 1.98. The number of benzene rings is 3. The van der Waals surface area contributed by atoms with Crippen LogP contribution in [0, 0.1) is 6.92 Å². The maximum absolute atomic E-state index is 13.8. The van der Waals surface area contributed by atoms with Crippen molar-refractivity contribution in [2.75, 3.05) is 24.0 Å². The van der Waals surface area contributed by atoms with Crippen LogP contribution in [0.5, 0.6) is 5.75 Å². The molecular formula is C29H35N3O5S. The lowest BCUT2D eigenvalue weighted by Crippen LogP contribution is -2.51. The summed E-state index contributed by atoms with van der Waals surface area (Å²) in [6.07, 6.45) is 0. The summed E-state index contributed by atoms with van der Waals surface area (Å²) in [6, 6.07) is 21.4. The molecule has 0 aliphatic rings. The van der Waals surface area contributed by atoms with Gasteiger partial charge in [-0.25, -0.2) is 8.42 Å². The van der Waals surface area contributed by atoms with Gasteiger partial charge in [0, 0.05) is 13.1 Å². The first kappa shape index (κ1) is 28.7. The van der Waals surface area contributed by atoms with Crippen molar-refractivity contribution in [3.8, 4) is 5.75 Å². The number of aryl methyl sites for hydroxylation is 1. The van der Waals surface area contributed by atoms with E-state index in [0.29, 0.717) is 24.6 Å². The maximum Gasteiger partial charge on any atom is 0.264 e. The zero-order valence-corrected chi connectivity index (χ0v) is 23.1. The normalized spacial score (nSPS) is 11.9. The summed E-state index contributed by atoms with van der Waals surface area (Å²) in [4.78, 5) is 28.0. The number of likely N-dealkylation sites (N-methyl/N-ethyl adjacent to an activating group) is 1. The monoisotopic (exact) mass is 537 g/mol. The smallest absolute Gasteiger partial charge is 0.264 e. The van der Waals surface area contributed by atoms with Gasteiger partial charge in [-0.15, -0.1) is 0 Å². The van der Waals surface area contributed by atoms with Crippen LogP contribution in [0.1, 0.15) is 31.9 Å². The van der Waals surface area contributed by atoms with Gasteiger partial charge in [0.15, 0.2) is 0 Å². The van der Waals surface area contributed by atoms with Crippen LogP contribution in [0.2, 0.25) is 0 Å². The average Bonchev–Trinajstić information content (AvgIpc) is 2.92. The quantitative estimate of drug-likeness (QED) is 0.375. The van der Waals surface area contributed by atoms with Gasteiger partial charge in [-0.1, -0.05) is 48.0 Å². The van der Waals surface area contributed by atoms with Crippen molar-refractivity contribution in [3.63, 3.8) is 0 Å². The van der Waals surface area contributed by atoms with Gasteiger partial charge in [0.2, 0.25) is 11.8 Å². The van der Waals surface area contributed by atoms with Gasteiger partial charge in [-0.3, -0.25) is 13.9 Å². The highest BCUT2D eigenvalue weighted by molar-refractivity contribution is 7.92. The molecule has 8 nitrogen and oxygen atoms in total. The molecule has 0 aliphatic carbocycles. The molecule has 1 atom stereocenters. The third kappa shape index (κ3) is 7.13. The summed E-state index contributed by atoms with van der Waals surface area (Å²) >= 11 is 0. The van der Waals surface area contributed by atoms with E-state index in [1.165, 1.54) is 17.0 Å². The van der Waals surface area contributed by atoms with E-state index >= 15 is 0 Å². The minimum Gasteiger partial charge on any atom is -0.494 e. The van der Waals surface area contributed by atoms with Crippen LogP contribution in [0.15, 0.2) is 83.8 Å². The van der Waals surface area contributed by atoms with Gasteiger partial charge < -0.3 is 15.0 Å². The summed E-state index contributed by atoms with van der Waals surface area (Å²) < 4.78 is 34.1. The molecule has 0 saturated heterocycles. The standard InChI is InChI=1S/C29H35N3O5S/c1-5-30-29(34)23(4)31(20-24-14-12-22(3)13-15-24)28(33)21-32(25-10-8-7-9-11-25)38(35,36)27-18-16-26(17-19-27)37-6-2/h7-19,23H,5-6,20-21H2,1-4H3,(H,30,34)/t23-/m1/s1. The Morgan fingerprint density at radius 1 is 0.921 bits per heavy atom. The molecule has 1 N–H and O–H groups in total. The molecule has 0 bridgehead atoms.